The number of alkyl halides is 14. The first-order valence-electron chi connectivity index (χ1n) is 8.68. The third-order valence-corrected chi connectivity index (χ3v) is 6.74. The summed E-state index contributed by atoms with van der Waals surface area (Å²) in [4.78, 5) is 0. The lowest BCUT2D eigenvalue weighted by atomic mass is 9.77. The summed E-state index contributed by atoms with van der Waals surface area (Å²) in [5.74, 6) is -39.0. The van der Waals surface area contributed by atoms with E-state index in [1.54, 1.807) is 0 Å². The molecule has 0 aromatic heterocycles. The Morgan fingerprint density at radius 1 is 0.400 bits per heavy atom. The van der Waals surface area contributed by atoms with E-state index in [0.29, 0.717) is 12.1 Å². The number of hydrogen-bond donors (Lipinski definition) is 0. The second kappa shape index (κ2) is 9.04. The first-order valence-corrected chi connectivity index (χ1v) is 10.8. The van der Waals surface area contributed by atoms with E-state index in [-0.39, 0.29) is 0 Å². The molecule has 2 rings (SSSR count). The van der Waals surface area contributed by atoms with Crippen molar-refractivity contribution < 1.29 is 61.5 Å². The molecule has 0 radical (unpaired) electrons. The van der Waals surface area contributed by atoms with Crippen LogP contribution in [0.25, 0.3) is 0 Å². The second-order valence-electron chi connectivity index (χ2n) is 6.99. The lowest BCUT2D eigenvalue weighted by molar-refractivity contribution is -0.446. The van der Waals surface area contributed by atoms with Gasteiger partial charge < -0.3 is 0 Å². The summed E-state index contributed by atoms with van der Waals surface area (Å²) in [6.45, 7) is 0. The fourth-order valence-corrected chi connectivity index (χ4v) is 4.47. The molecule has 0 aliphatic heterocycles. The maximum Gasteiger partial charge on any atom is 0.460 e. The van der Waals surface area contributed by atoms with Crippen LogP contribution in [0, 0.1) is 7.14 Å². The molecule has 0 atom stereocenters. The van der Waals surface area contributed by atoms with Gasteiger partial charge in [0.1, 0.15) is 0 Å². The van der Waals surface area contributed by atoms with E-state index in [2.05, 4.69) is 0 Å². The van der Waals surface area contributed by atoms with Crippen molar-refractivity contribution in [1.82, 2.24) is 0 Å². The highest BCUT2D eigenvalue weighted by Gasteiger charge is 2.93. The van der Waals surface area contributed by atoms with Gasteiger partial charge in [-0.15, -0.1) is 0 Å². The Morgan fingerprint density at radius 3 is 1.00 bits per heavy atom. The summed E-state index contributed by atoms with van der Waals surface area (Å²) >= 11 is 2.26. The molecule has 196 valence electrons. The molecule has 0 unspecified atom stereocenters. The minimum atomic E-state index is -8.13. The minimum Gasteiger partial charge on any atom is -0.226 e. The van der Waals surface area contributed by atoms with Crippen molar-refractivity contribution in [2.75, 3.05) is 0 Å². The zero-order valence-corrected chi connectivity index (χ0v) is 20.5. The first-order chi connectivity index (χ1) is 15.5. The molecule has 0 aliphatic carbocycles. The molecule has 2 aromatic rings. The van der Waals surface area contributed by atoms with E-state index in [1.165, 1.54) is 0 Å². The third-order valence-electron chi connectivity index (χ3n) is 4.86. The first kappa shape index (κ1) is 30.1. The number of benzene rings is 2. The molecule has 0 nitrogen and oxygen atoms in total. The van der Waals surface area contributed by atoms with Crippen molar-refractivity contribution in [1.29, 1.82) is 0 Å². The zero-order valence-electron chi connectivity index (χ0n) is 16.2. The number of rotatable bonds is 7. The van der Waals surface area contributed by atoms with Gasteiger partial charge in [-0.3, -0.25) is 0 Å². The second-order valence-corrected chi connectivity index (χ2v) is 9.31. The Morgan fingerprint density at radius 2 is 0.686 bits per heavy atom. The van der Waals surface area contributed by atoms with E-state index in [1.807, 2.05) is 0 Å². The van der Waals surface area contributed by atoms with Crippen molar-refractivity contribution in [3.8, 4) is 0 Å². The van der Waals surface area contributed by atoms with Gasteiger partial charge in [0.25, 0.3) is 0 Å². The van der Waals surface area contributed by atoms with Crippen LogP contribution < -0.4 is 0 Å². The summed E-state index contributed by atoms with van der Waals surface area (Å²) in [6, 6.07) is 6.25. The minimum absolute atomic E-state index is 0.412. The van der Waals surface area contributed by atoms with Crippen molar-refractivity contribution in [2.45, 2.75) is 41.5 Å². The molecule has 0 N–H and O–H groups in total. The summed E-state index contributed by atoms with van der Waals surface area (Å²) in [5, 5.41) is 0. The molecule has 2 aromatic carbocycles. The fraction of sp³-hybridized carbons (Fsp3) is 0.368. The summed E-state index contributed by atoms with van der Waals surface area (Å²) in [7, 11) is 0. The van der Waals surface area contributed by atoms with E-state index < -0.39 is 59.7 Å². The largest absolute Gasteiger partial charge is 0.460 e. The van der Waals surface area contributed by atoms with Gasteiger partial charge in [-0.2, -0.15) is 57.1 Å². The normalized spacial score (nSPS) is 14.9. The highest BCUT2D eigenvalue weighted by molar-refractivity contribution is 14.1. The van der Waals surface area contributed by atoms with Gasteiger partial charge in [0.05, 0.1) is 0 Å². The highest BCUT2D eigenvalue weighted by Crippen LogP contribution is 2.65. The summed E-state index contributed by atoms with van der Waals surface area (Å²) in [6.07, 6.45) is -7.55. The SMILES string of the molecule is FC(F)(F)C(F)(F)C(F)(F)C(F)(F)C(F)(F)C(F)(F)C(F)(c1ccccc1I)c1ccccc1I. The molecule has 0 spiro atoms. The standard InChI is InChI=1S/C19H8F14I2/c20-13(9-5-1-3-7-11(9)34,10-6-2-4-8-12(10)35)14(21,22)15(23,24)16(25,26)17(27,28)18(29,30)19(31,32)33/h1-8H. The number of hydrogen-bond acceptors (Lipinski definition) is 0. The van der Waals surface area contributed by atoms with Gasteiger partial charge in [-0.05, 0) is 57.3 Å². The van der Waals surface area contributed by atoms with Crippen LogP contribution in [0.15, 0.2) is 48.5 Å². The van der Waals surface area contributed by atoms with Gasteiger partial charge in [0.15, 0.2) is 0 Å². The Balaban J connectivity index is 2.93. The molecule has 0 aliphatic rings. The molecule has 0 amide bonds. The predicted octanol–water partition coefficient (Wildman–Crippen LogP) is 8.85. The van der Waals surface area contributed by atoms with Crippen LogP contribution in [0.3, 0.4) is 0 Å². The van der Waals surface area contributed by atoms with Gasteiger partial charge in [0.2, 0.25) is 5.67 Å². The van der Waals surface area contributed by atoms with Crippen LogP contribution in [0.1, 0.15) is 11.1 Å². The molecule has 35 heavy (non-hydrogen) atoms. The van der Waals surface area contributed by atoms with Crippen molar-refractivity contribution in [3.05, 3.63) is 66.8 Å². The van der Waals surface area contributed by atoms with Crippen molar-refractivity contribution in [2.24, 2.45) is 0 Å². The van der Waals surface area contributed by atoms with Crippen LogP contribution in [0.4, 0.5) is 61.5 Å². The topological polar surface area (TPSA) is 0 Å². The van der Waals surface area contributed by atoms with Crippen molar-refractivity contribution in [3.63, 3.8) is 0 Å². The average Bonchev–Trinajstić information content (AvgIpc) is 2.72. The quantitative estimate of drug-likeness (QED) is 0.196. The predicted molar refractivity (Wildman–Crippen MR) is 111 cm³/mol. The molecular weight excluding hydrogens is 748 g/mol. The molecule has 0 saturated carbocycles. The van der Waals surface area contributed by atoms with E-state index >= 15 is 13.2 Å². The van der Waals surface area contributed by atoms with Gasteiger partial charge in [0, 0.05) is 18.3 Å². The lowest BCUT2D eigenvalue weighted by Crippen LogP contribution is -2.72. The maximum absolute atomic E-state index is 16.3. The Labute approximate surface area is 214 Å². The third kappa shape index (κ3) is 4.17. The summed E-state index contributed by atoms with van der Waals surface area (Å²) in [5.41, 5.74) is -8.04. The Kier molecular flexibility index (Phi) is 7.78. The Hall–Kier alpha value is -1.08. The van der Waals surface area contributed by atoms with Crippen LogP contribution in [0.5, 0.6) is 0 Å². The zero-order chi connectivity index (χ0) is 27.5. The number of halogens is 16. The van der Waals surface area contributed by atoms with Crippen LogP contribution in [-0.4, -0.2) is 35.8 Å². The van der Waals surface area contributed by atoms with E-state index in [4.69, 9.17) is 0 Å². The van der Waals surface area contributed by atoms with Crippen LogP contribution in [-0.2, 0) is 5.67 Å². The highest BCUT2D eigenvalue weighted by atomic mass is 127. The molecule has 0 saturated heterocycles. The molecule has 0 fully saturated rings. The van der Waals surface area contributed by atoms with Gasteiger partial charge in [-0.25, -0.2) is 4.39 Å². The van der Waals surface area contributed by atoms with Crippen molar-refractivity contribution >= 4 is 45.2 Å². The lowest BCUT2D eigenvalue weighted by Gasteiger charge is -2.44. The molecular formula is C19H8F14I2. The van der Waals surface area contributed by atoms with Gasteiger partial charge in [-0.1, -0.05) is 36.4 Å². The fourth-order valence-electron chi connectivity index (χ4n) is 2.95. The monoisotopic (exact) mass is 756 g/mol. The molecule has 0 bridgehead atoms. The smallest absolute Gasteiger partial charge is 0.226 e. The molecule has 0 heterocycles. The maximum atomic E-state index is 16.3. The van der Waals surface area contributed by atoms with Crippen LogP contribution >= 0.6 is 45.2 Å². The van der Waals surface area contributed by atoms with E-state index in [0.717, 1.165) is 81.6 Å². The van der Waals surface area contributed by atoms with Gasteiger partial charge >= 0.3 is 35.8 Å². The average molecular weight is 756 g/mol. The van der Waals surface area contributed by atoms with E-state index in [9.17, 15) is 48.3 Å². The van der Waals surface area contributed by atoms with Crippen LogP contribution in [0.2, 0.25) is 0 Å². The molecule has 16 heteroatoms. The Bertz CT molecular complexity index is 1030. The summed E-state index contributed by atoms with van der Waals surface area (Å²) < 4.78 is 194.